The average Bonchev–Trinajstić information content (AvgIpc) is 2.44. The molecule has 0 aliphatic carbocycles. The van der Waals surface area contributed by atoms with Crippen LogP contribution in [0.4, 0.5) is 0 Å². The van der Waals surface area contributed by atoms with Gasteiger partial charge in [0.15, 0.2) is 0 Å². The third-order valence-electron chi connectivity index (χ3n) is 2.27. The Hall–Kier alpha value is -1.31. The topological polar surface area (TPSA) is 17.8 Å². The Bertz CT molecular complexity index is 401. The average molecular weight is 160 g/mol. The molecule has 0 spiro atoms. The molecule has 0 unspecified atom stereocenters. The van der Waals surface area contributed by atoms with Crippen molar-refractivity contribution in [3.05, 3.63) is 30.1 Å². The van der Waals surface area contributed by atoms with Crippen molar-refractivity contribution in [2.24, 2.45) is 7.05 Å². The van der Waals surface area contributed by atoms with E-state index in [0.717, 1.165) is 11.9 Å². The highest BCUT2D eigenvalue weighted by molar-refractivity contribution is 5.76. The van der Waals surface area contributed by atoms with Crippen LogP contribution in [-0.4, -0.2) is 9.55 Å². The maximum atomic E-state index is 4.29. The quantitative estimate of drug-likeness (QED) is 0.625. The van der Waals surface area contributed by atoms with Crippen LogP contribution >= 0.6 is 0 Å². The third-order valence-corrected chi connectivity index (χ3v) is 2.27. The molecule has 62 valence electrons. The van der Waals surface area contributed by atoms with Crippen molar-refractivity contribution in [3.8, 4) is 0 Å². The molecule has 0 radical (unpaired) electrons. The van der Waals surface area contributed by atoms with Crippen LogP contribution in [0.15, 0.2) is 24.4 Å². The lowest BCUT2D eigenvalue weighted by Gasteiger charge is -1.98. The van der Waals surface area contributed by atoms with Crippen molar-refractivity contribution < 1.29 is 0 Å². The van der Waals surface area contributed by atoms with Gasteiger partial charge < -0.3 is 4.57 Å². The van der Waals surface area contributed by atoms with Crippen LogP contribution in [-0.2, 0) is 13.5 Å². The van der Waals surface area contributed by atoms with Gasteiger partial charge in [-0.3, -0.25) is 4.98 Å². The van der Waals surface area contributed by atoms with E-state index >= 15 is 0 Å². The molecule has 0 aliphatic rings. The minimum Gasteiger partial charge on any atom is -0.346 e. The fraction of sp³-hybridized carbons (Fsp3) is 0.300. The molecule has 0 saturated carbocycles. The maximum absolute atomic E-state index is 4.29. The zero-order valence-corrected chi connectivity index (χ0v) is 7.41. The summed E-state index contributed by atoms with van der Waals surface area (Å²) in [5.41, 5.74) is 3.65. The van der Waals surface area contributed by atoms with Gasteiger partial charge in [-0.2, -0.15) is 0 Å². The number of pyridine rings is 1. The van der Waals surface area contributed by atoms with E-state index in [1.807, 2.05) is 12.3 Å². The van der Waals surface area contributed by atoms with Crippen molar-refractivity contribution in [2.45, 2.75) is 13.3 Å². The second-order valence-electron chi connectivity index (χ2n) is 2.96. The van der Waals surface area contributed by atoms with Crippen molar-refractivity contribution in [1.82, 2.24) is 9.55 Å². The minimum atomic E-state index is 1.06. The summed E-state index contributed by atoms with van der Waals surface area (Å²) in [6.45, 7) is 2.16. The number of aryl methyl sites for hydroxylation is 2. The van der Waals surface area contributed by atoms with Crippen molar-refractivity contribution in [2.75, 3.05) is 0 Å². The molecule has 2 nitrogen and oxygen atoms in total. The number of hydrogen-bond donors (Lipinski definition) is 0. The van der Waals surface area contributed by atoms with Gasteiger partial charge in [-0.1, -0.05) is 6.92 Å². The van der Waals surface area contributed by atoms with Crippen LogP contribution in [0, 0.1) is 0 Å². The number of fused-ring (bicyclic) bond motifs is 1. The lowest BCUT2D eigenvalue weighted by atomic mass is 10.3. The molecule has 0 bridgehead atoms. The lowest BCUT2D eigenvalue weighted by Crippen LogP contribution is -1.92. The molecule has 0 saturated heterocycles. The Morgan fingerprint density at radius 1 is 1.50 bits per heavy atom. The summed E-state index contributed by atoms with van der Waals surface area (Å²) in [5.74, 6) is 0. The Balaban J connectivity index is 2.78. The Labute approximate surface area is 71.8 Å². The molecule has 0 atom stereocenters. The third kappa shape index (κ3) is 0.916. The largest absolute Gasteiger partial charge is 0.346 e. The van der Waals surface area contributed by atoms with Crippen LogP contribution in [0.25, 0.3) is 11.0 Å². The molecule has 0 fully saturated rings. The number of rotatable bonds is 1. The minimum absolute atomic E-state index is 1.06. The van der Waals surface area contributed by atoms with Crippen molar-refractivity contribution in [3.63, 3.8) is 0 Å². The molecular formula is C10H12N2. The van der Waals surface area contributed by atoms with E-state index in [9.17, 15) is 0 Å². The molecular weight excluding hydrogens is 148 g/mol. The monoisotopic (exact) mass is 160 g/mol. The van der Waals surface area contributed by atoms with Gasteiger partial charge in [0, 0.05) is 18.9 Å². The molecule has 2 heterocycles. The highest BCUT2D eigenvalue weighted by atomic mass is 15.0. The predicted molar refractivity (Wildman–Crippen MR) is 50.1 cm³/mol. The highest BCUT2D eigenvalue weighted by Gasteiger charge is 2.02. The van der Waals surface area contributed by atoms with Crippen LogP contribution in [0.1, 0.15) is 12.6 Å². The van der Waals surface area contributed by atoms with Crippen LogP contribution in [0.2, 0.25) is 0 Å². The summed E-state index contributed by atoms with van der Waals surface area (Å²) in [6.07, 6.45) is 2.90. The first-order chi connectivity index (χ1) is 5.83. The van der Waals surface area contributed by atoms with E-state index < -0.39 is 0 Å². The molecule has 2 aromatic heterocycles. The fourth-order valence-corrected chi connectivity index (χ4v) is 1.55. The van der Waals surface area contributed by atoms with Crippen LogP contribution in [0.3, 0.4) is 0 Å². The molecule has 0 aliphatic heterocycles. The van der Waals surface area contributed by atoms with Gasteiger partial charge in [-0.05, 0) is 24.6 Å². The standard InChI is InChI=1S/C10H12N2/c1-3-8-7-9-10(12(8)2)5-4-6-11-9/h4-7H,3H2,1-2H3. The van der Waals surface area contributed by atoms with E-state index in [-0.39, 0.29) is 0 Å². The molecule has 0 amide bonds. The second kappa shape index (κ2) is 2.63. The van der Waals surface area contributed by atoms with E-state index in [2.05, 4.69) is 35.7 Å². The first-order valence-corrected chi connectivity index (χ1v) is 4.22. The van der Waals surface area contributed by atoms with E-state index in [1.165, 1.54) is 11.2 Å². The second-order valence-corrected chi connectivity index (χ2v) is 2.96. The number of hydrogen-bond acceptors (Lipinski definition) is 1. The van der Waals surface area contributed by atoms with E-state index in [4.69, 9.17) is 0 Å². The molecule has 0 N–H and O–H groups in total. The van der Waals surface area contributed by atoms with Gasteiger partial charge in [-0.25, -0.2) is 0 Å². The zero-order chi connectivity index (χ0) is 8.55. The Morgan fingerprint density at radius 2 is 2.33 bits per heavy atom. The normalized spacial score (nSPS) is 10.8. The summed E-state index contributed by atoms with van der Waals surface area (Å²) in [5, 5.41) is 0. The lowest BCUT2D eigenvalue weighted by molar-refractivity contribution is 0.865. The van der Waals surface area contributed by atoms with Crippen molar-refractivity contribution in [1.29, 1.82) is 0 Å². The summed E-state index contributed by atoms with van der Waals surface area (Å²) >= 11 is 0. The van der Waals surface area contributed by atoms with Gasteiger partial charge in [0.05, 0.1) is 11.0 Å². The number of aromatic nitrogens is 2. The molecule has 12 heavy (non-hydrogen) atoms. The predicted octanol–water partition coefficient (Wildman–Crippen LogP) is 2.14. The smallest absolute Gasteiger partial charge is 0.0883 e. The summed E-state index contributed by atoms with van der Waals surface area (Å²) in [4.78, 5) is 4.29. The van der Waals surface area contributed by atoms with Gasteiger partial charge in [0.1, 0.15) is 0 Å². The van der Waals surface area contributed by atoms with Gasteiger partial charge in [0.2, 0.25) is 0 Å². The van der Waals surface area contributed by atoms with E-state index in [0.29, 0.717) is 0 Å². The van der Waals surface area contributed by atoms with Crippen LogP contribution < -0.4 is 0 Å². The van der Waals surface area contributed by atoms with Gasteiger partial charge in [-0.15, -0.1) is 0 Å². The molecule has 2 aromatic rings. The first-order valence-electron chi connectivity index (χ1n) is 4.22. The first kappa shape index (κ1) is 7.35. The molecule has 0 aromatic carbocycles. The molecule has 2 rings (SSSR count). The Kier molecular flexibility index (Phi) is 1.61. The van der Waals surface area contributed by atoms with E-state index in [1.54, 1.807) is 0 Å². The fourth-order valence-electron chi connectivity index (χ4n) is 1.55. The summed E-state index contributed by atoms with van der Waals surface area (Å²) < 4.78 is 2.20. The maximum Gasteiger partial charge on any atom is 0.0883 e. The summed E-state index contributed by atoms with van der Waals surface area (Å²) in [7, 11) is 2.09. The van der Waals surface area contributed by atoms with Crippen molar-refractivity contribution >= 4 is 11.0 Å². The number of nitrogens with zero attached hydrogens (tertiary/aromatic N) is 2. The van der Waals surface area contributed by atoms with Gasteiger partial charge >= 0.3 is 0 Å². The highest BCUT2D eigenvalue weighted by Crippen LogP contribution is 2.15. The van der Waals surface area contributed by atoms with Crippen LogP contribution in [0.5, 0.6) is 0 Å². The zero-order valence-electron chi connectivity index (χ0n) is 7.41. The summed E-state index contributed by atoms with van der Waals surface area (Å²) in [6, 6.07) is 6.22. The molecule has 2 heteroatoms. The SMILES string of the molecule is CCc1cc2ncccc2n1C. The Morgan fingerprint density at radius 3 is 3.00 bits per heavy atom. The van der Waals surface area contributed by atoms with Gasteiger partial charge in [0.25, 0.3) is 0 Å².